The topological polar surface area (TPSA) is 15.3 Å². The zero-order valence-electron chi connectivity index (χ0n) is 14.0. The van der Waals surface area contributed by atoms with E-state index < -0.39 is 0 Å². The lowest BCUT2D eigenvalue weighted by Gasteiger charge is -2.32. The minimum Gasteiger partial charge on any atom is -0.319 e. The Morgan fingerprint density at radius 1 is 1.10 bits per heavy atom. The minimum atomic E-state index is 0. The summed E-state index contributed by atoms with van der Waals surface area (Å²) in [6.45, 7) is 11.6. The maximum atomic E-state index is 3.30. The van der Waals surface area contributed by atoms with Crippen LogP contribution in [0.15, 0.2) is 24.3 Å². The molecule has 2 rings (SSSR count). The van der Waals surface area contributed by atoms with Gasteiger partial charge in [-0.25, -0.2) is 0 Å². The van der Waals surface area contributed by atoms with Crippen molar-refractivity contribution in [3.8, 4) is 0 Å². The monoisotopic (exact) mass is 310 g/mol. The second kappa shape index (κ2) is 8.17. The maximum Gasteiger partial charge on any atom is 0.0233 e. The number of nitrogens with one attached hydrogen (secondary N) is 1. The van der Waals surface area contributed by atoms with Crippen molar-refractivity contribution in [2.24, 2.45) is 5.92 Å². The first-order valence-corrected chi connectivity index (χ1v) is 7.95. The first-order valence-electron chi connectivity index (χ1n) is 7.95. The highest BCUT2D eigenvalue weighted by Gasteiger charge is 2.19. The predicted octanol–water partition coefficient (Wildman–Crippen LogP) is 3.84. The van der Waals surface area contributed by atoms with Crippen LogP contribution >= 0.6 is 12.4 Å². The number of hydrogen-bond acceptors (Lipinski definition) is 2. The first-order chi connectivity index (χ1) is 9.49. The van der Waals surface area contributed by atoms with E-state index in [-0.39, 0.29) is 17.8 Å². The van der Waals surface area contributed by atoms with Gasteiger partial charge in [0.1, 0.15) is 0 Å². The average Bonchev–Trinajstić information content (AvgIpc) is 2.41. The van der Waals surface area contributed by atoms with E-state index in [9.17, 15) is 0 Å². The largest absolute Gasteiger partial charge is 0.319 e. The van der Waals surface area contributed by atoms with E-state index in [0.717, 1.165) is 12.5 Å². The fourth-order valence-electron chi connectivity index (χ4n) is 3.01. The van der Waals surface area contributed by atoms with Crippen molar-refractivity contribution in [1.82, 2.24) is 10.2 Å². The van der Waals surface area contributed by atoms with Crippen molar-refractivity contribution in [2.75, 3.05) is 26.7 Å². The molecule has 0 unspecified atom stereocenters. The molecule has 1 fully saturated rings. The third kappa shape index (κ3) is 5.61. The summed E-state index contributed by atoms with van der Waals surface area (Å²) < 4.78 is 0. The third-order valence-electron chi connectivity index (χ3n) is 4.43. The van der Waals surface area contributed by atoms with Crippen molar-refractivity contribution in [2.45, 2.75) is 45.6 Å². The molecule has 1 aliphatic heterocycles. The van der Waals surface area contributed by atoms with Gasteiger partial charge >= 0.3 is 0 Å². The molecule has 1 saturated heterocycles. The zero-order chi connectivity index (χ0) is 14.6. The van der Waals surface area contributed by atoms with E-state index in [1.165, 1.54) is 43.6 Å². The van der Waals surface area contributed by atoms with Gasteiger partial charge in [0.2, 0.25) is 0 Å². The molecule has 1 aromatic rings. The smallest absolute Gasteiger partial charge is 0.0233 e. The molecule has 0 radical (unpaired) electrons. The van der Waals surface area contributed by atoms with Gasteiger partial charge in [-0.05, 0) is 62.0 Å². The van der Waals surface area contributed by atoms with Crippen molar-refractivity contribution in [3.63, 3.8) is 0 Å². The minimum absolute atomic E-state index is 0. The van der Waals surface area contributed by atoms with Crippen LogP contribution in [0.25, 0.3) is 0 Å². The van der Waals surface area contributed by atoms with Gasteiger partial charge in [0.15, 0.2) is 0 Å². The van der Waals surface area contributed by atoms with Crippen LogP contribution in [-0.4, -0.2) is 31.6 Å². The van der Waals surface area contributed by atoms with Gasteiger partial charge in [0.25, 0.3) is 0 Å². The van der Waals surface area contributed by atoms with E-state index >= 15 is 0 Å². The molecule has 120 valence electrons. The van der Waals surface area contributed by atoms with E-state index in [1.54, 1.807) is 0 Å². The summed E-state index contributed by atoms with van der Waals surface area (Å²) in [6, 6.07) is 9.20. The molecule has 3 heteroatoms. The van der Waals surface area contributed by atoms with Crippen LogP contribution in [0, 0.1) is 5.92 Å². The average molecular weight is 311 g/mol. The first kappa shape index (κ1) is 18.5. The van der Waals surface area contributed by atoms with E-state index in [1.807, 2.05) is 0 Å². The Morgan fingerprint density at radius 2 is 1.67 bits per heavy atom. The fourth-order valence-corrected chi connectivity index (χ4v) is 3.01. The standard InChI is InChI=1S/C18H30N2.ClH/c1-18(2,3)17-7-5-16(6-8-17)14-20-11-9-15(10-12-20)13-19-4;/h5-8,15,19H,9-14H2,1-4H3;1H. The maximum absolute atomic E-state index is 3.30. The number of hydrogen-bond donors (Lipinski definition) is 1. The van der Waals surface area contributed by atoms with Gasteiger partial charge in [-0.15, -0.1) is 12.4 Å². The number of piperidine rings is 1. The second-order valence-electron chi connectivity index (χ2n) is 7.22. The number of benzene rings is 1. The molecule has 0 bridgehead atoms. The highest BCUT2D eigenvalue weighted by molar-refractivity contribution is 5.85. The molecule has 2 nitrogen and oxygen atoms in total. The zero-order valence-corrected chi connectivity index (χ0v) is 14.8. The summed E-state index contributed by atoms with van der Waals surface area (Å²) in [7, 11) is 2.06. The summed E-state index contributed by atoms with van der Waals surface area (Å²) >= 11 is 0. The van der Waals surface area contributed by atoms with Crippen molar-refractivity contribution >= 4 is 12.4 Å². The molecule has 1 heterocycles. The van der Waals surface area contributed by atoms with Crippen LogP contribution in [-0.2, 0) is 12.0 Å². The van der Waals surface area contributed by atoms with Gasteiger partial charge in [-0.3, -0.25) is 4.90 Å². The van der Waals surface area contributed by atoms with Crippen LogP contribution in [0.3, 0.4) is 0 Å². The van der Waals surface area contributed by atoms with E-state index in [4.69, 9.17) is 0 Å². The highest BCUT2D eigenvalue weighted by Crippen LogP contribution is 2.23. The molecule has 0 spiro atoms. The summed E-state index contributed by atoms with van der Waals surface area (Å²) in [5.41, 5.74) is 3.13. The van der Waals surface area contributed by atoms with Gasteiger partial charge in [0, 0.05) is 6.54 Å². The Labute approximate surface area is 136 Å². The summed E-state index contributed by atoms with van der Waals surface area (Å²) in [6.07, 6.45) is 2.67. The Hall–Kier alpha value is -0.570. The molecule has 0 aromatic heterocycles. The van der Waals surface area contributed by atoms with Crippen LogP contribution in [0.4, 0.5) is 0 Å². The van der Waals surface area contributed by atoms with E-state index in [2.05, 4.69) is 62.3 Å². The number of halogens is 1. The molecule has 1 N–H and O–H groups in total. The Bertz CT molecular complexity index is 400. The predicted molar refractivity (Wildman–Crippen MR) is 94.3 cm³/mol. The third-order valence-corrected chi connectivity index (χ3v) is 4.43. The molecule has 0 amide bonds. The molecule has 0 atom stereocenters. The number of nitrogens with zero attached hydrogens (tertiary/aromatic N) is 1. The van der Waals surface area contributed by atoms with Crippen molar-refractivity contribution < 1.29 is 0 Å². The van der Waals surface area contributed by atoms with Crippen LogP contribution in [0.1, 0.15) is 44.7 Å². The number of rotatable bonds is 4. The van der Waals surface area contributed by atoms with Crippen LogP contribution in [0.2, 0.25) is 0 Å². The summed E-state index contributed by atoms with van der Waals surface area (Å²) in [4.78, 5) is 2.60. The number of likely N-dealkylation sites (tertiary alicyclic amines) is 1. The summed E-state index contributed by atoms with van der Waals surface area (Å²) in [5.74, 6) is 0.875. The van der Waals surface area contributed by atoms with Gasteiger partial charge in [0.05, 0.1) is 0 Å². The lowest BCUT2D eigenvalue weighted by Crippen LogP contribution is -2.36. The lowest BCUT2D eigenvalue weighted by atomic mass is 9.86. The highest BCUT2D eigenvalue weighted by atomic mass is 35.5. The molecule has 1 aromatic carbocycles. The molecule has 0 aliphatic carbocycles. The quantitative estimate of drug-likeness (QED) is 0.909. The van der Waals surface area contributed by atoms with Crippen molar-refractivity contribution in [3.05, 3.63) is 35.4 Å². The van der Waals surface area contributed by atoms with Gasteiger partial charge < -0.3 is 5.32 Å². The van der Waals surface area contributed by atoms with Crippen LogP contribution < -0.4 is 5.32 Å². The molecular weight excluding hydrogens is 280 g/mol. The SMILES string of the molecule is CNCC1CCN(Cc2ccc(C(C)(C)C)cc2)CC1.Cl. The molecule has 1 aliphatic rings. The Balaban J connectivity index is 0.00000220. The normalized spacial score (nSPS) is 17.5. The van der Waals surface area contributed by atoms with Gasteiger partial charge in [-0.2, -0.15) is 0 Å². The lowest BCUT2D eigenvalue weighted by molar-refractivity contribution is 0.177. The van der Waals surface area contributed by atoms with Gasteiger partial charge in [-0.1, -0.05) is 45.0 Å². The fraction of sp³-hybridized carbons (Fsp3) is 0.667. The molecule has 0 saturated carbocycles. The molecular formula is C18H31ClN2. The van der Waals surface area contributed by atoms with E-state index in [0.29, 0.717) is 0 Å². The Morgan fingerprint density at radius 3 is 2.14 bits per heavy atom. The van der Waals surface area contributed by atoms with Crippen LogP contribution in [0.5, 0.6) is 0 Å². The summed E-state index contributed by atoms with van der Waals surface area (Å²) in [5, 5.41) is 3.30. The molecule has 21 heavy (non-hydrogen) atoms. The second-order valence-corrected chi connectivity index (χ2v) is 7.22. The Kier molecular flexibility index (Phi) is 7.19. The van der Waals surface area contributed by atoms with Crippen molar-refractivity contribution in [1.29, 1.82) is 0 Å².